The molecule has 0 N–H and O–H groups in total. The predicted octanol–water partition coefficient (Wildman–Crippen LogP) is 5.50. The third-order valence-corrected chi connectivity index (χ3v) is 3.63. The Hall–Kier alpha value is -3.02. The van der Waals surface area contributed by atoms with Crippen molar-refractivity contribution in [3.63, 3.8) is 0 Å². The van der Waals surface area contributed by atoms with Gasteiger partial charge in [-0.3, -0.25) is 4.99 Å². The number of rotatable bonds is 6. The first kappa shape index (κ1) is 17.8. The quantitative estimate of drug-likeness (QED) is 0.545. The van der Waals surface area contributed by atoms with Gasteiger partial charge in [0.05, 0.1) is 18.4 Å². The third-order valence-electron chi connectivity index (χ3n) is 3.63. The highest BCUT2D eigenvalue weighted by Gasteiger charge is 2.29. The number of hydrogen-bond acceptors (Lipinski definition) is 3. The Balaban J connectivity index is 1.52. The first-order valence-corrected chi connectivity index (χ1v) is 7.92. The van der Waals surface area contributed by atoms with E-state index in [9.17, 15) is 13.2 Å². The van der Waals surface area contributed by atoms with Crippen LogP contribution in [0.25, 0.3) is 0 Å². The zero-order valence-electron chi connectivity index (χ0n) is 13.7. The Morgan fingerprint density at radius 3 is 2.31 bits per heavy atom. The molecule has 2 aromatic carbocycles. The maximum atomic E-state index is 12.5. The number of nitrogens with zero attached hydrogens (tertiary/aromatic N) is 1. The molecule has 0 unspecified atom stereocenters. The van der Waals surface area contributed by atoms with E-state index in [1.165, 1.54) is 12.1 Å². The smallest absolute Gasteiger partial charge is 0.416 e. The van der Waals surface area contributed by atoms with Gasteiger partial charge < -0.3 is 9.15 Å². The molecular weight excluding hydrogens is 343 g/mol. The number of ether oxygens (including phenoxy) is 1. The van der Waals surface area contributed by atoms with Gasteiger partial charge >= 0.3 is 6.18 Å². The van der Waals surface area contributed by atoms with E-state index in [0.29, 0.717) is 17.9 Å². The summed E-state index contributed by atoms with van der Waals surface area (Å²) in [5.41, 5.74) is 0.917. The van der Waals surface area contributed by atoms with Crippen molar-refractivity contribution < 1.29 is 22.3 Å². The summed E-state index contributed by atoms with van der Waals surface area (Å²) in [5, 5.41) is 0. The average molecular weight is 359 g/mol. The summed E-state index contributed by atoms with van der Waals surface area (Å²) in [6.07, 6.45) is -0.983. The van der Waals surface area contributed by atoms with E-state index >= 15 is 0 Å². The van der Waals surface area contributed by atoms with Gasteiger partial charge in [0.1, 0.15) is 18.1 Å². The van der Waals surface area contributed by atoms with Crippen molar-refractivity contribution in [2.24, 2.45) is 4.99 Å². The molecule has 1 aromatic heterocycles. The summed E-state index contributed by atoms with van der Waals surface area (Å²) in [5.74, 6) is 1.42. The molecule has 0 fully saturated rings. The molecule has 0 atom stereocenters. The number of hydrogen-bond donors (Lipinski definition) is 0. The minimum Gasteiger partial charge on any atom is -0.489 e. The highest BCUT2D eigenvalue weighted by atomic mass is 19.4. The van der Waals surface area contributed by atoms with Crippen LogP contribution in [0.1, 0.15) is 22.5 Å². The third kappa shape index (κ3) is 4.99. The first-order chi connectivity index (χ1) is 12.5. The lowest BCUT2D eigenvalue weighted by molar-refractivity contribution is -0.137. The number of aliphatic imine (C=N–C) groups is 1. The van der Waals surface area contributed by atoms with Crippen LogP contribution in [0.2, 0.25) is 0 Å². The maximum Gasteiger partial charge on any atom is 0.416 e. The van der Waals surface area contributed by atoms with Crippen molar-refractivity contribution >= 4 is 6.21 Å². The SMILES string of the molecule is FC(F)(F)c1ccc(COc2ccc(/C=N\Cc3ccco3)cc2)cc1. The maximum absolute atomic E-state index is 12.5. The standard InChI is InChI=1S/C20H16F3NO2/c21-20(22,23)17-7-3-16(4-8-17)14-26-18-9-5-15(6-10-18)12-24-13-19-2-1-11-25-19/h1-12H,13-14H2/b24-12-. The van der Waals surface area contributed by atoms with E-state index in [2.05, 4.69) is 4.99 Å². The van der Waals surface area contributed by atoms with Gasteiger partial charge in [-0.25, -0.2) is 0 Å². The fourth-order valence-corrected chi connectivity index (χ4v) is 2.25. The molecule has 0 bridgehead atoms. The Morgan fingerprint density at radius 2 is 1.69 bits per heavy atom. The monoisotopic (exact) mass is 359 g/mol. The summed E-state index contributed by atoms with van der Waals surface area (Å²) in [6.45, 7) is 0.670. The molecule has 1 heterocycles. The van der Waals surface area contributed by atoms with Crippen LogP contribution in [-0.2, 0) is 19.3 Å². The van der Waals surface area contributed by atoms with Gasteiger partial charge in [-0.2, -0.15) is 13.2 Å². The molecule has 0 spiro atoms. The number of alkyl halides is 3. The molecule has 0 amide bonds. The highest BCUT2D eigenvalue weighted by Crippen LogP contribution is 2.29. The van der Waals surface area contributed by atoms with Gasteiger partial charge in [-0.15, -0.1) is 0 Å². The summed E-state index contributed by atoms with van der Waals surface area (Å²) in [6, 6.07) is 15.9. The van der Waals surface area contributed by atoms with Gasteiger partial charge in [0.2, 0.25) is 0 Å². The van der Waals surface area contributed by atoms with Crippen LogP contribution in [0, 0.1) is 0 Å². The lowest BCUT2D eigenvalue weighted by atomic mass is 10.1. The van der Waals surface area contributed by atoms with Crippen LogP contribution in [0.5, 0.6) is 5.75 Å². The molecule has 0 saturated heterocycles. The largest absolute Gasteiger partial charge is 0.489 e. The molecule has 26 heavy (non-hydrogen) atoms. The van der Waals surface area contributed by atoms with Crippen molar-refractivity contribution in [3.05, 3.63) is 89.4 Å². The van der Waals surface area contributed by atoms with Crippen LogP contribution in [0.15, 0.2) is 76.3 Å². The minimum atomic E-state index is -4.33. The molecule has 0 aliphatic rings. The van der Waals surface area contributed by atoms with Crippen LogP contribution in [0.3, 0.4) is 0 Å². The lowest BCUT2D eigenvalue weighted by Crippen LogP contribution is -2.05. The molecular formula is C20H16F3NO2. The van der Waals surface area contributed by atoms with Gasteiger partial charge in [-0.05, 0) is 59.7 Å². The molecule has 134 valence electrons. The molecule has 6 heteroatoms. The van der Waals surface area contributed by atoms with E-state index in [0.717, 1.165) is 23.5 Å². The first-order valence-electron chi connectivity index (χ1n) is 7.92. The lowest BCUT2D eigenvalue weighted by Gasteiger charge is -2.09. The van der Waals surface area contributed by atoms with E-state index in [1.54, 1.807) is 24.6 Å². The fourth-order valence-electron chi connectivity index (χ4n) is 2.25. The van der Waals surface area contributed by atoms with Crippen molar-refractivity contribution in [1.29, 1.82) is 0 Å². The van der Waals surface area contributed by atoms with Gasteiger partial charge in [-0.1, -0.05) is 12.1 Å². The summed E-state index contributed by atoms with van der Waals surface area (Å²) < 4.78 is 48.4. The summed E-state index contributed by atoms with van der Waals surface area (Å²) >= 11 is 0. The van der Waals surface area contributed by atoms with Crippen molar-refractivity contribution in [1.82, 2.24) is 0 Å². The zero-order chi connectivity index (χ0) is 18.4. The number of furan rings is 1. The molecule has 0 saturated carbocycles. The van der Waals surface area contributed by atoms with Crippen molar-refractivity contribution in [3.8, 4) is 5.75 Å². The molecule has 3 nitrogen and oxygen atoms in total. The van der Waals surface area contributed by atoms with Crippen LogP contribution in [-0.4, -0.2) is 6.21 Å². The average Bonchev–Trinajstić information content (AvgIpc) is 3.14. The molecule has 0 aliphatic carbocycles. The van der Waals surface area contributed by atoms with Crippen LogP contribution in [0.4, 0.5) is 13.2 Å². The van der Waals surface area contributed by atoms with Crippen molar-refractivity contribution in [2.75, 3.05) is 0 Å². The van der Waals surface area contributed by atoms with E-state index < -0.39 is 11.7 Å². The van der Waals surface area contributed by atoms with Gasteiger partial charge in [0.15, 0.2) is 0 Å². The molecule has 0 radical (unpaired) electrons. The molecule has 3 aromatic rings. The topological polar surface area (TPSA) is 34.7 Å². The Labute approximate surface area is 148 Å². The van der Waals surface area contributed by atoms with E-state index in [1.807, 2.05) is 24.3 Å². The molecule has 0 aliphatic heterocycles. The normalized spacial score (nSPS) is 11.8. The number of benzene rings is 2. The van der Waals surface area contributed by atoms with E-state index in [4.69, 9.17) is 9.15 Å². The molecule has 3 rings (SSSR count). The van der Waals surface area contributed by atoms with Gasteiger partial charge in [0.25, 0.3) is 0 Å². The van der Waals surface area contributed by atoms with E-state index in [-0.39, 0.29) is 6.61 Å². The second-order valence-electron chi connectivity index (χ2n) is 5.60. The Bertz CT molecular complexity index is 836. The Morgan fingerprint density at radius 1 is 0.962 bits per heavy atom. The van der Waals surface area contributed by atoms with Crippen molar-refractivity contribution in [2.45, 2.75) is 19.3 Å². The van der Waals surface area contributed by atoms with Crippen LogP contribution >= 0.6 is 0 Å². The summed E-state index contributed by atoms with van der Waals surface area (Å²) in [7, 11) is 0. The second-order valence-corrected chi connectivity index (χ2v) is 5.60. The minimum absolute atomic E-state index is 0.198. The predicted molar refractivity (Wildman–Crippen MR) is 92.2 cm³/mol. The Kier molecular flexibility index (Phi) is 5.41. The number of halogens is 3. The van der Waals surface area contributed by atoms with Crippen LogP contribution < -0.4 is 4.74 Å². The van der Waals surface area contributed by atoms with Gasteiger partial charge in [0, 0.05) is 6.21 Å². The zero-order valence-corrected chi connectivity index (χ0v) is 13.7. The summed E-state index contributed by atoms with van der Waals surface area (Å²) in [4.78, 5) is 4.28. The second kappa shape index (κ2) is 7.91. The highest BCUT2D eigenvalue weighted by molar-refractivity contribution is 5.79. The fraction of sp³-hybridized carbons (Fsp3) is 0.150.